The number of fused-ring (bicyclic) bond motifs is 1. The van der Waals surface area contributed by atoms with Crippen LogP contribution in [0.2, 0.25) is 0 Å². The highest BCUT2D eigenvalue weighted by atomic mass is 79.9. The first kappa shape index (κ1) is 10.7. The molecule has 1 heterocycles. The van der Waals surface area contributed by atoms with Gasteiger partial charge < -0.3 is 10.7 Å². The van der Waals surface area contributed by atoms with Crippen LogP contribution in [0.4, 0.5) is 0 Å². The molecule has 1 atom stereocenters. The molecule has 80 valence electrons. The summed E-state index contributed by atoms with van der Waals surface area (Å²) in [5, 5.41) is 1.29. The van der Waals surface area contributed by atoms with Crippen LogP contribution in [0.15, 0.2) is 28.9 Å². The minimum Gasteiger partial charge on any atom is -0.360 e. The van der Waals surface area contributed by atoms with Crippen molar-refractivity contribution in [1.82, 2.24) is 4.98 Å². The van der Waals surface area contributed by atoms with E-state index in [1.54, 1.807) is 0 Å². The number of rotatable bonds is 3. The number of benzene rings is 1. The smallest absolute Gasteiger partial charge is 0.0468 e. The quantitative estimate of drug-likeness (QED) is 0.879. The molecule has 0 aliphatic carbocycles. The van der Waals surface area contributed by atoms with Crippen molar-refractivity contribution in [2.45, 2.75) is 19.3 Å². The summed E-state index contributed by atoms with van der Waals surface area (Å²) in [6.07, 6.45) is 3.01. The van der Waals surface area contributed by atoms with Crippen molar-refractivity contribution in [2.75, 3.05) is 6.54 Å². The molecule has 0 radical (unpaired) electrons. The number of nitrogens with two attached hydrogens (primary N) is 1. The van der Waals surface area contributed by atoms with E-state index in [2.05, 4.69) is 46.0 Å². The molecule has 1 unspecified atom stereocenters. The van der Waals surface area contributed by atoms with Gasteiger partial charge in [-0.25, -0.2) is 0 Å². The van der Waals surface area contributed by atoms with E-state index in [4.69, 9.17) is 5.73 Å². The Labute approximate surface area is 98.0 Å². The molecule has 0 saturated carbocycles. The first-order chi connectivity index (χ1) is 7.24. The van der Waals surface area contributed by atoms with Gasteiger partial charge in [0, 0.05) is 21.6 Å². The number of hydrogen-bond acceptors (Lipinski definition) is 1. The largest absolute Gasteiger partial charge is 0.360 e. The summed E-state index contributed by atoms with van der Waals surface area (Å²) in [6.45, 7) is 2.96. The fourth-order valence-corrected chi connectivity index (χ4v) is 2.54. The minimum atomic E-state index is 0.505. The van der Waals surface area contributed by atoms with E-state index in [1.165, 1.54) is 16.5 Å². The average Bonchev–Trinajstić information content (AvgIpc) is 2.61. The van der Waals surface area contributed by atoms with Gasteiger partial charge in [0.2, 0.25) is 0 Å². The van der Waals surface area contributed by atoms with Crippen molar-refractivity contribution in [3.05, 3.63) is 34.4 Å². The van der Waals surface area contributed by atoms with Gasteiger partial charge in [-0.2, -0.15) is 0 Å². The monoisotopic (exact) mass is 266 g/mol. The number of halogens is 1. The number of aromatic amines is 1. The van der Waals surface area contributed by atoms with Gasteiger partial charge in [-0.05, 0) is 46.4 Å². The van der Waals surface area contributed by atoms with E-state index >= 15 is 0 Å². The molecule has 1 aromatic carbocycles. The molecule has 15 heavy (non-hydrogen) atoms. The highest BCUT2D eigenvalue weighted by Crippen LogP contribution is 2.32. The SMILES string of the molecule is CC(CCN)c1cccc2[nH]cc(Br)c12. The van der Waals surface area contributed by atoms with Crippen LogP contribution in [0.3, 0.4) is 0 Å². The normalized spacial score (nSPS) is 13.3. The summed E-state index contributed by atoms with van der Waals surface area (Å²) in [6, 6.07) is 6.37. The van der Waals surface area contributed by atoms with Gasteiger partial charge in [0.05, 0.1) is 0 Å². The fourth-order valence-electron chi connectivity index (χ4n) is 1.99. The van der Waals surface area contributed by atoms with Gasteiger partial charge in [0.15, 0.2) is 0 Å². The first-order valence-electron chi connectivity index (χ1n) is 5.19. The van der Waals surface area contributed by atoms with Crippen LogP contribution < -0.4 is 5.73 Å². The van der Waals surface area contributed by atoms with Gasteiger partial charge >= 0.3 is 0 Å². The number of H-pyrrole nitrogens is 1. The van der Waals surface area contributed by atoms with Crippen molar-refractivity contribution in [3.8, 4) is 0 Å². The lowest BCUT2D eigenvalue weighted by Crippen LogP contribution is -2.04. The maximum absolute atomic E-state index is 5.60. The number of hydrogen-bond donors (Lipinski definition) is 2. The predicted octanol–water partition coefficient (Wildman–Crippen LogP) is 3.38. The van der Waals surface area contributed by atoms with Gasteiger partial charge in [-0.15, -0.1) is 0 Å². The Bertz CT molecular complexity index is 462. The van der Waals surface area contributed by atoms with E-state index in [1.807, 2.05) is 6.20 Å². The lowest BCUT2D eigenvalue weighted by Gasteiger charge is -2.12. The van der Waals surface area contributed by atoms with Crippen LogP contribution >= 0.6 is 15.9 Å². The van der Waals surface area contributed by atoms with Gasteiger partial charge in [-0.3, -0.25) is 0 Å². The highest BCUT2D eigenvalue weighted by Gasteiger charge is 2.11. The third-order valence-electron chi connectivity index (χ3n) is 2.82. The number of nitrogens with one attached hydrogen (secondary N) is 1. The summed E-state index contributed by atoms with van der Waals surface area (Å²) < 4.78 is 1.14. The Balaban J connectivity index is 2.54. The predicted molar refractivity (Wildman–Crippen MR) is 68.1 cm³/mol. The topological polar surface area (TPSA) is 41.8 Å². The average molecular weight is 267 g/mol. The third kappa shape index (κ3) is 1.94. The Morgan fingerprint density at radius 3 is 3.00 bits per heavy atom. The van der Waals surface area contributed by atoms with E-state index in [9.17, 15) is 0 Å². The molecule has 0 bridgehead atoms. The van der Waals surface area contributed by atoms with Crippen LogP contribution in [0, 0.1) is 0 Å². The van der Waals surface area contributed by atoms with Crippen LogP contribution in [0.25, 0.3) is 10.9 Å². The van der Waals surface area contributed by atoms with E-state index in [-0.39, 0.29) is 0 Å². The molecule has 0 aliphatic heterocycles. The van der Waals surface area contributed by atoms with Crippen LogP contribution in [-0.2, 0) is 0 Å². The molecule has 3 heteroatoms. The third-order valence-corrected chi connectivity index (χ3v) is 3.45. The Kier molecular flexibility index (Phi) is 3.12. The Morgan fingerprint density at radius 2 is 2.27 bits per heavy atom. The molecule has 0 spiro atoms. The zero-order valence-corrected chi connectivity index (χ0v) is 10.3. The molecule has 2 nitrogen and oxygen atoms in total. The van der Waals surface area contributed by atoms with E-state index < -0.39 is 0 Å². The fraction of sp³-hybridized carbons (Fsp3) is 0.333. The number of aromatic nitrogens is 1. The molecule has 0 fully saturated rings. The summed E-state index contributed by atoms with van der Waals surface area (Å²) >= 11 is 3.57. The summed E-state index contributed by atoms with van der Waals surface area (Å²) in [7, 11) is 0. The molecule has 0 saturated heterocycles. The van der Waals surface area contributed by atoms with Crippen molar-refractivity contribution in [1.29, 1.82) is 0 Å². The lowest BCUT2D eigenvalue weighted by molar-refractivity contribution is 0.695. The first-order valence-corrected chi connectivity index (χ1v) is 5.99. The summed E-state index contributed by atoms with van der Waals surface area (Å²) in [4.78, 5) is 3.25. The van der Waals surface area contributed by atoms with Crippen LogP contribution in [-0.4, -0.2) is 11.5 Å². The molecule has 2 aromatic rings. The molecule has 0 aliphatic rings. The second kappa shape index (κ2) is 4.37. The standard InChI is InChI=1S/C12H15BrN2/c1-8(5-6-14)9-3-2-4-11-12(9)10(13)7-15-11/h2-4,7-8,15H,5-6,14H2,1H3. The van der Waals surface area contributed by atoms with Gasteiger partial charge in [-0.1, -0.05) is 19.1 Å². The molecular formula is C12H15BrN2. The minimum absolute atomic E-state index is 0.505. The second-order valence-corrected chi connectivity index (χ2v) is 4.74. The second-order valence-electron chi connectivity index (χ2n) is 3.88. The lowest BCUT2D eigenvalue weighted by atomic mass is 9.95. The van der Waals surface area contributed by atoms with Crippen molar-refractivity contribution in [3.63, 3.8) is 0 Å². The van der Waals surface area contributed by atoms with Crippen molar-refractivity contribution >= 4 is 26.8 Å². The van der Waals surface area contributed by atoms with Crippen LogP contribution in [0.5, 0.6) is 0 Å². The zero-order valence-electron chi connectivity index (χ0n) is 8.76. The highest BCUT2D eigenvalue weighted by molar-refractivity contribution is 9.10. The molecule has 1 aromatic heterocycles. The molecule has 3 N–H and O–H groups in total. The van der Waals surface area contributed by atoms with Crippen molar-refractivity contribution in [2.24, 2.45) is 5.73 Å². The van der Waals surface area contributed by atoms with E-state index in [0.29, 0.717) is 5.92 Å². The molecular weight excluding hydrogens is 252 g/mol. The van der Waals surface area contributed by atoms with Gasteiger partial charge in [0.1, 0.15) is 0 Å². The summed E-state index contributed by atoms with van der Waals surface area (Å²) in [5.74, 6) is 0.505. The Hall–Kier alpha value is -0.800. The maximum Gasteiger partial charge on any atom is 0.0468 e. The Morgan fingerprint density at radius 1 is 1.47 bits per heavy atom. The summed E-state index contributed by atoms with van der Waals surface area (Å²) in [5.41, 5.74) is 8.15. The van der Waals surface area contributed by atoms with Crippen molar-refractivity contribution < 1.29 is 0 Å². The molecule has 0 amide bonds. The van der Waals surface area contributed by atoms with E-state index in [0.717, 1.165) is 17.4 Å². The van der Waals surface area contributed by atoms with Gasteiger partial charge in [0.25, 0.3) is 0 Å². The zero-order chi connectivity index (χ0) is 10.8. The maximum atomic E-state index is 5.60. The molecule has 2 rings (SSSR count). The van der Waals surface area contributed by atoms with Crippen LogP contribution in [0.1, 0.15) is 24.8 Å².